The van der Waals surface area contributed by atoms with E-state index in [4.69, 9.17) is 17.3 Å². The van der Waals surface area contributed by atoms with Crippen molar-refractivity contribution in [3.05, 3.63) is 50.8 Å². The highest BCUT2D eigenvalue weighted by molar-refractivity contribution is 14.1. The predicted molar refractivity (Wildman–Crippen MR) is 85.8 cm³/mol. The van der Waals surface area contributed by atoms with E-state index >= 15 is 0 Å². The highest BCUT2D eigenvalue weighted by atomic mass is 127. The van der Waals surface area contributed by atoms with Gasteiger partial charge in [-0.05, 0) is 52.9 Å². The molecule has 0 aromatic heterocycles. The molecule has 2 rings (SSSR count). The molecule has 0 aliphatic carbocycles. The van der Waals surface area contributed by atoms with Crippen molar-refractivity contribution in [1.82, 2.24) is 0 Å². The topological polar surface area (TPSA) is 72.2 Å². The molecule has 8 heteroatoms. The van der Waals surface area contributed by atoms with Crippen LogP contribution in [-0.4, -0.2) is 8.42 Å². The van der Waals surface area contributed by atoms with Gasteiger partial charge in [0.25, 0.3) is 10.0 Å². The zero-order chi connectivity index (χ0) is 14.9. The molecule has 0 amide bonds. The first-order chi connectivity index (χ1) is 9.31. The Morgan fingerprint density at radius 2 is 1.95 bits per heavy atom. The third-order valence-electron chi connectivity index (χ3n) is 2.44. The summed E-state index contributed by atoms with van der Waals surface area (Å²) in [5, 5.41) is 0.0228. The third kappa shape index (κ3) is 3.15. The minimum atomic E-state index is -3.94. The standard InChI is InChI=1S/C12H9ClFIN2O2S/c13-8-2-1-3-10(16)12(8)20(18,19)17-11-5-4-7(14)6-9(11)15/h1-6,17H,16H2. The quantitative estimate of drug-likeness (QED) is 0.583. The smallest absolute Gasteiger partial charge is 0.265 e. The average Bonchev–Trinajstić information content (AvgIpc) is 2.32. The summed E-state index contributed by atoms with van der Waals surface area (Å²) in [6.45, 7) is 0. The van der Waals surface area contributed by atoms with Crippen LogP contribution in [0.4, 0.5) is 15.8 Å². The molecule has 106 valence electrons. The first-order valence-corrected chi connectivity index (χ1v) is 8.27. The van der Waals surface area contributed by atoms with Gasteiger partial charge in [-0.3, -0.25) is 4.72 Å². The van der Waals surface area contributed by atoms with Crippen molar-refractivity contribution in [3.63, 3.8) is 0 Å². The molecule has 0 unspecified atom stereocenters. The number of sulfonamides is 1. The molecular formula is C12H9ClFIN2O2S. The fraction of sp³-hybridized carbons (Fsp3) is 0. The van der Waals surface area contributed by atoms with Gasteiger partial charge in [0, 0.05) is 3.57 Å². The summed E-state index contributed by atoms with van der Waals surface area (Å²) >= 11 is 7.72. The molecule has 0 bridgehead atoms. The zero-order valence-corrected chi connectivity index (χ0v) is 13.6. The van der Waals surface area contributed by atoms with Crippen molar-refractivity contribution >= 4 is 55.6 Å². The van der Waals surface area contributed by atoms with Crippen LogP contribution in [0.3, 0.4) is 0 Å². The van der Waals surface area contributed by atoms with Crippen LogP contribution in [0.25, 0.3) is 0 Å². The summed E-state index contributed by atoms with van der Waals surface area (Å²) in [5.41, 5.74) is 5.96. The molecule has 0 spiro atoms. The van der Waals surface area contributed by atoms with Gasteiger partial charge >= 0.3 is 0 Å². The van der Waals surface area contributed by atoms with Gasteiger partial charge in [-0.2, -0.15) is 0 Å². The van der Waals surface area contributed by atoms with Crippen molar-refractivity contribution in [1.29, 1.82) is 0 Å². The van der Waals surface area contributed by atoms with E-state index in [9.17, 15) is 12.8 Å². The molecule has 0 saturated carbocycles. The molecular weight excluding hydrogens is 418 g/mol. The van der Waals surface area contributed by atoms with Crippen molar-refractivity contribution < 1.29 is 12.8 Å². The summed E-state index contributed by atoms with van der Waals surface area (Å²) in [6, 6.07) is 8.14. The Kier molecular flexibility index (Phi) is 4.40. The molecule has 0 aliphatic heterocycles. The summed E-state index contributed by atoms with van der Waals surface area (Å²) in [7, 11) is -3.94. The minimum Gasteiger partial charge on any atom is -0.398 e. The normalized spacial score (nSPS) is 11.3. The van der Waals surface area contributed by atoms with Gasteiger partial charge in [0.05, 0.1) is 16.4 Å². The van der Waals surface area contributed by atoms with Crippen LogP contribution in [0.5, 0.6) is 0 Å². The number of nitrogens with one attached hydrogen (secondary N) is 1. The van der Waals surface area contributed by atoms with Crippen molar-refractivity contribution in [2.75, 3.05) is 10.5 Å². The van der Waals surface area contributed by atoms with Gasteiger partial charge in [0.1, 0.15) is 10.7 Å². The van der Waals surface area contributed by atoms with Crippen LogP contribution in [-0.2, 0) is 10.0 Å². The van der Waals surface area contributed by atoms with Crippen molar-refractivity contribution in [3.8, 4) is 0 Å². The maximum absolute atomic E-state index is 13.0. The molecule has 0 aliphatic rings. The fourth-order valence-electron chi connectivity index (χ4n) is 1.58. The second-order valence-corrected chi connectivity index (χ2v) is 7.08. The van der Waals surface area contributed by atoms with Crippen molar-refractivity contribution in [2.24, 2.45) is 0 Å². The van der Waals surface area contributed by atoms with Crippen LogP contribution in [0.1, 0.15) is 0 Å². The lowest BCUT2D eigenvalue weighted by Gasteiger charge is -2.12. The fourth-order valence-corrected chi connectivity index (χ4v) is 4.13. The molecule has 2 aromatic carbocycles. The van der Waals surface area contributed by atoms with Gasteiger partial charge in [0.15, 0.2) is 0 Å². The number of benzene rings is 2. The van der Waals surface area contributed by atoms with Gasteiger partial charge in [-0.1, -0.05) is 17.7 Å². The van der Waals surface area contributed by atoms with E-state index in [0.29, 0.717) is 3.57 Å². The number of nitrogen functional groups attached to an aromatic ring is 1. The summed E-state index contributed by atoms with van der Waals surface area (Å²) in [6.07, 6.45) is 0. The Labute approximate surface area is 134 Å². The first-order valence-electron chi connectivity index (χ1n) is 5.33. The molecule has 2 aromatic rings. The Morgan fingerprint density at radius 3 is 2.55 bits per heavy atom. The monoisotopic (exact) mass is 426 g/mol. The van der Waals surface area contributed by atoms with Gasteiger partial charge in [0.2, 0.25) is 0 Å². The van der Waals surface area contributed by atoms with E-state index in [0.717, 1.165) is 6.07 Å². The van der Waals surface area contributed by atoms with Crippen LogP contribution in [0.15, 0.2) is 41.3 Å². The lowest BCUT2D eigenvalue weighted by atomic mass is 10.3. The van der Waals surface area contributed by atoms with Crippen LogP contribution in [0.2, 0.25) is 5.02 Å². The van der Waals surface area contributed by atoms with E-state index < -0.39 is 15.8 Å². The highest BCUT2D eigenvalue weighted by Crippen LogP contribution is 2.30. The second-order valence-electron chi connectivity index (χ2n) is 3.89. The molecule has 20 heavy (non-hydrogen) atoms. The molecule has 0 heterocycles. The Bertz CT molecular complexity index is 748. The Morgan fingerprint density at radius 1 is 1.25 bits per heavy atom. The van der Waals surface area contributed by atoms with Crippen LogP contribution < -0.4 is 10.5 Å². The highest BCUT2D eigenvalue weighted by Gasteiger charge is 2.22. The number of hydrogen-bond donors (Lipinski definition) is 2. The summed E-state index contributed by atoms with van der Waals surface area (Å²) in [4.78, 5) is -0.193. The Hall–Kier alpha value is -1.06. The maximum Gasteiger partial charge on any atom is 0.265 e. The van der Waals surface area contributed by atoms with E-state index in [-0.39, 0.29) is 21.3 Å². The number of nitrogens with two attached hydrogens (primary N) is 1. The predicted octanol–water partition coefficient (Wildman–Crippen LogP) is 3.47. The molecule has 0 saturated heterocycles. The number of rotatable bonds is 3. The summed E-state index contributed by atoms with van der Waals surface area (Å²) in [5.74, 6) is -0.449. The van der Waals surface area contributed by atoms with Crippen LogP contribution >= 0.6 is 34.2 Å². The molecule has 0 fully saturated rings. The number of hydrogen-bond acceptors (Lipinski definition) is 3. The van der Waals surface area contributed by atoms with E-state index in [1.807, 2.05) is 22.6 Å². The van der Waals surface area contributed by atoms with Gasteiger partial charge < -0.3 is 5.73 Å². The number of halogens is 3. The van der Waals surface area contributed by atoms with Gasteiger partial charge in [-0.25, -0.2) is 12.8 Å². The summed E-state index contributed by atoms with van der Waals surface area (Å²) < 4.78 is 40.4. The SMILES string of the molecule is Nc1cccc(Cl)c1S(=O)(=O)Nc1ccc(F)cc1I. The lowest BCUT2D eigenvalue weighted by Crippen LogP contribution is -2.16. The maximum atomic E-state index is 13.0. The van der Waals surface area contributed by atoms with E-state index in [1.165, 1.54) is 24.3 Å². The molecule has 3 N–H and O–H groups in total. The largest absolute Gasteiger partial charge is 0.398 e. The minimum absolute atomic E-state index is 0.0228. The second kappa shape index (κ2) is 5.74. The molecule has 0 radical (unpaired) electrons. The van der Waals surface area contributed by atoms with E-state index in [1.54, 1.807) is 6.07 Å². The number of anilines is 2. The molecule has 0 atom stereocenters. The third-order valence-corrected chi connectivity index (χ3v) is 5.24. The van der Waals surface area contributed by atoms with E-state index in [2.05, 4.69) is 4.72 Å². The zero-order valence-electron chi connectivity index (χ0n) is 9.90. The average molecular weight is 427 g/mol. The lowest BCUT2D eigenvalue weighted by molar-refractivity contribution is 0.601. The van der Waals surface area contributed by atoms with Gasteiger partial charge in [-0.15, -0.1) is 0 Å². The van der Waals surface area contributed by atoms with Crippen LogP contribution in [0, 0.1) is 9.39 Å². The first kappa shape index (κ1) is 15.3. The molecule has 4 nitrogen and oxygen atoms in total. The van der Waals surface area contributed by atoms with Crippen molar-refractivity contribution in [2.45, 2.75) is 4.90 Å². The Balaban J connectivity index is 2.46.